The fourth-order valence-electron chi connectivity index (χ4n) is 1.94. The number of carbonyl (C=O) groups is 2. The number of primary amides is 2. The van der Waals surface area contributed by atoms with Gasteiger partial charge in [0.25, 0.3) is 0 Å². The van der Waals surface area contributed by atoms with Gasteiger partial charge in [-0.2, -0.15) is 0 Å². The monoisotopic (exact) mass is 312 g/mol. The van der Waals surface area contributed by atoms with Crippen LogP contribution in [0.5, 0.6) is 0 Å². The predicted octanol–water partition coefficient (Wildman–Crippen LogP) is 0.526. The second kappa shape index (κ2) is 7.21. The van der Waals surface area contributed by atoms with Gasteiger partial charge in [0.2, 0.25) is 11.8 Å². The minimum atomic E-state index is -3.59. The number of amides is 2. The Morgan fingerprint density at radius 2 is 1.71 bits per heavy atom. The predicted molar refractivity (Wildman–Crippen MR) is 79.0 cm³/mol. The SMILES string of the molecule is Cc1ccc(S(=O)(=O)CC(CCCC(N)=O)C(N)=O)cc1. The van der Waals surface area contributed by atoms with E-state index in [4.69, 9.17) is 11.5 Å². The highest BCUT2D eigenvalue weighted by Crippen LogP contribution is 2.18. The lowest BCUT2D eigenvalue weighted by molar-refractivity contribution is -0.122. The molecule has 1 rings (SSSR count). The number of hydrogen-bond acceptors (Lipinski definition) is 4. The molecule has 4 N–H and O–H groups in total. The standard InChI is InChI=1S/C14H20N2O4S/c1-10-5-7-12(8-6-10)21(19,20)9-11(14(16)18)3-2-4-13(15)17/h5-8,11H,2-4,9H2,1H3,(H2,15,17)(H2,16,18). The molecule has 0 radical (unpaired) electrons. The molecular formula is C14H20N2O4S. The number of hydrogen-bond donors (Lipinski definition) is 2. The molecule has 0 spiro atoms. The van der Waals surface area contributed by atoms with Crippen molar-refractivity contribution in [2.45, 2.75) is 31.1 Å². The summed E-state index contributed by atoms with van der Waals surface area (Å²) >= 11 is 0. The number of sulfone groups is 1. The van der Waals surface area contributed by atoms with Crippen molar-refractivity contribution in [2.24, 2.45) is 17.4 Å². The largest absolute Gasteiger partial charge is 0.370 e. The van der Waals surface area contributed by atoms with Crippen molar-refractivity contribution in [1.82, 2.24) is 0 Å². The zero-order chi connectivity index (χ0) is 16.0. The highest BCUT2D eigenvalue weighted by Gasteiger charge is 2.25. The highest BCUT2D eigenvalue weighted by molar-refractivity contribution is 7.91. The van der Waals surface area contributed by atoms with Gasteiger partial charge >= 0.3 is 0 Å². The van der Waals surface area contributed by atoms with Gasteiger partial charge in [-0.15, -0.1) is 0 Å². The van der Waals surface area contributed by atoms with Gasteiger partial charge in [-0.25, -0.2) is 8.42 Å². The van der Waals surface area contributed by atoms with E-state index in [1.807, 2.05) is 6.92 Å². The van der Waals surface area contributed by atoms with E-state index in [1.165, 1.54) is 12.1 Å². The van der Waals surface area contributed by atoms with E-state index >= 15 is 0 Å². The maximum Gasteiger partial charge on any atom is 0.221 e. The van der Waals surface area contributed by atoms with Crippen molar-refractivity contribution < 1.29 is 18.0 Å². The van der Waals surface area contributed by atoms with E-state index in [0.29, 0.717) is 6.42 Å². The summed E-state index contributed by atoms with van der Waals surface area (Å²) in [6.45, 7) is 1.85. The zero-order valence-corrected chi connectivity index (χ0v) is 12.7. The van der Waals surface area contributed by atoms with Gasteiger partial charge in [0.1, 0.15) is 0 Å². The molecule has 0 saturated carbocycles. The topological polar surface area (TPSA) is 120 Å². The molecule has 0 heterocycles. The van der Waals surface area contributed by atoms with Crippen LogP contribution in [0.25, 0.3) is 0 Å². The van der Waals surface area contributed by atoms with Crippen molar-refractivity contribution in [2.75, 3.05) is 5.75 Å². The summed E-state index contributed by atoms with van der Waals surface area (Å²) in [5.74, 6) is -2.35. The normalized spacial score (nSPS) is 12.8. The molecule has 116 valence electrons. The van der Waals surface area contributed by atoms with E-state index in [-0.39, 0.29) is 23.5 Å². The fourth-order valence-corrected chi connectivity index (χ4v) is 3.54. The number of aryl methyl sites for hydroxylation is 1. The molecule has 2 amide bonds. The summed E-state index contributed by atoms with van der Waals surface area (Å²) in [5.41, 5.74) is 11.2. The van der Waals surface area contributed by atoms with Gasteiger partial charge in [0.05, 0.1) is 16.6 Å². The first-order valence-corrected chi connectivity index (χ1v) is 8.24. The average molecular weight is 312 g/mol. The third-order valence-electron chi connectivity index (χ3n) is 3.18. The Hall–Kier alpha value is -1.89. The highest BCUT2D eigenvalue weighted by atomic mass is 32.2. The zero-order valence-electron chi connectivity index (χ0n) is 11.9. The lowest BCUT2D eigenvalue weighted by Gasteiger charge is -2.13. The Balaban J connectivity index is 2.79. The van der Waals surface area contributed by atoms with Crippen LogP contribution >= 0.6 is 0 Å². The molecule has 1 unspecified atom stereocenters. The van der Waals surface area contributed by atoms with Crippen molar-refractivity contribution in [3.63, 3.8) is 0 Å². The second-order valence-corrected chi connectivity index (χ2v) is 7.09. The summed E-state index contributed by atoms with van der Waals surface area (Å²) in [6, 6.07) is 6.40. The summed E-state index contributed by atoms with van der Waals surface area (Å²) in [6.07, 6.45) is 0.671. The molecule has 0 aliphatic carbocycles. The molecule has 0 aliphatic heterocycles. The molecule has 0 saturated heterocycles. The summed E-state index contributed by atoms with van der Waals surface area (Å²) in [7, 11) is -3.59. The molecule has 0 fully saturated rings. The van der Waals surface area contributed by atoms with Gasteiger partial charge < -0.3 is 11.5 Å². The maximum atomic E-state index is 12.3. The van der Waals surface area contributed by atoms with Gasteiger partial charge in [-0.05, 0) is 31.9 Å². The first kappa shape index (κ1) is 17.2. The third kappa shape index (κ3) is 5.55. The second-order valence-electron chi connectivity index (χ2n) is 5.05. The van der Waals surface area contributed by atoms with Crippen molar-refractivity contribution in [3.05, 3.63) is 29.8 Å². The van der Waals surface area contributed by atoms with Gasteiger partial charge in [-0.1, -0.05) is 17.7 Å². The van der Waals surface area contributed by atoms with E-state index in [2.05, 4.69) is 0 Å². The maximum absolute atomic E-state index is 12.3. The molecule has 7 heteroatoms. The minimum absolute atomic E-state index is 0.106. The number of benzene rings is 1. The van der Waals surface area contributed by atoms with Crippen LogP contribution in [0.15, 0.2) is 29.2 Å². The summed E-state index contributed by atoms with van der Waals surface area (Å²) in [5, 5.41) is 0. The molecule has 1 atom stereocenters. The number of carbonyl (C=O) groups excluding carboxylic acids is 2. The van der Waals surface area contributed by atoms with Crippen LogP contribution in [-0.4, -0.2) is 26.0 Å². The van der Waals surface area contributed by atoms with Crippen molar-refractivity contribution in [1.29, 1.82) is 0 Å². The van der Waals surface area contributed by atoms with Crippen LogP contribution < -0.4 is 11.5 Å². The van der Waals surface area contributed by atoms with Crippen molar-refractivity contribution in [3.8, 4) is 0 Å². The molecule has 6 nitrogen and oxygen atoms in total. The Labute approximate surface area is 124 Å². The molecule has 1 aromatic carbocycles. The van der Waals surface area contributed by atoms with Crippen LogP contribution in [0.4, 0.5) is 0 Å². The third-order valence-corrected chi connectivity index (χ3v) is 5.01. The number of nitrogens with two attached hydrogens (primary N) is 2. The van der Waals surface area contributed by atoms with Crippen LogP contribution in [0.3, 0.4) is 0 Å². The van der Waals surface area contributed by atoms with Gasteiger partial charge in [-0.3, -0.25) is 9.59 Å². The molecule has 0 aliphatic rings. The number of rotatable bonds is 8. The molecule has 21 heavy (non-hydrogen) atoms. The van der Waals surface area contributed by atoms with Crippen LogP contribution in [0.2, 0.25) is 0 Å². The van der Waals surface area contributed by atoms with Crippen molar-refractivity contribution >= 4 is 21.7 Å². The lowest BCUT2D eigenvalue weighted by atomic mass is 10.0. The van der Waals surface area contributed by atoms with Crippen LogP contribution in [0, 0.1) is 12.8 Å². The first-order valence-electron chi connectivity index (χ1n) is 6.59. The molecule has 0 aromatic heterocycles. The van der Waals surface area contributed by atoms with Crippen LogP contribution in [0.1, 0.15) is 24.8 Å². The molecule has 1 aromatic rings. The summed E-state index contributed by atoms with van der Waals surface area (Å²) in [4.78, 5) is 22.2. The average Bonchev–Trinajstić information content (AvgIpc) is 2.37. The molecular weight excluding hydrogens is 292 g/mol. The Kier molecular flexibility index (Phi) is 5.90. The van der Waals surface area contributed by atoms with Gasteiger partial charge in [0, 0.05) is 6.42 Å². The fraction of sp³-hybridized carbons (Fsp3) is 0.429. The smallest absolute Gasteiger partial charge is 0.221 e. The van der Waals surface area contributed by atoms with E-state index in [0.717, 1.165) is 5.56 Å². The Bertz CT molecular complexity index is 608. The van der Waals surface area contributed by atoms with Gasteiger partial charge in [0.15, 0.2) is 9.84 Å². The Morgan fingerprint density at radius 3 is 2.19 bits per heavy atom. The first-order chi connectivity index (χ1) is 9.72. The Morgan fingerprint density at radius 1 is 1.14 bits per heavy atom. The lowest BCUT2D eigenvalue weighted by Crippen LogP contribution is -2.30. The minimum Gasteiger partial charge on any atom is -0.370 e. The molecule has 0 bridgehead atoms. The van der Waals surface area contributed by atoms with Crippen LogP contribution in [-0.2, 0) is 19.4 Å². The van der Waals surface area contributed by atoms with E-state index < -0.39 is 27.6 Å². The summed E-state index contributed by atoms with van der Waals surface area (Å²) < 4.78 is 24.5. The van der Waals surface area contributed by atoms with E-state index in [9.17, 15) is 18.0 Å². The van der Waals surface area contributed by atoms with E-state index in [1.54, 1.807) is 12.1 Å². The quantitative estimate of drug-likeness (QED) is 0.727.